The predicted octanol–water partition coefficient (Wildman–Crippen LogP) is 21.4. The van der Waals surface area contributed by atoms with Crippen molar-refractivity contribution in [2.75, 3.05) is 13.2 Å². The van der Waals surface area contributed by atoms with Crippen molar-refractivity contribution < 1.29 is 24.5 Å². The van der Waals surface area contributed by atoms with Crippen molar-refractivity contribution in [2.24, 2.45) is 0 Å². The zero-order chi connectivity index (χ0) is 52.9. The summed E-state index contributed by atoms with van der Waals surface area (Å²) in [6.07, 6.45) is 75.6. The SMILES string of the molecule is CCCCCCCCCCCCCCCCCCCCC(O)C(CO)NC(=O)CCCCCCCCCCCCCCCCCCCCCCCCCOC(=O)CCCCCCCCCCCCCCCCC. The number of nitrogens with one attached hydrogen (secondary N) is 1. The number of hydrogen-bond acceptors (Lipinski definition) is 5. The molecule has 0 spiro atoms. The highest BCUT2D eigenvalue weighted by molar-refractivity contribution is 5.76. The highest BCUT2D eigenvalue weighted by atomic mass is 16.5. The Bertz CT molecular complexity index is 1050. The molecular weight excluding hydrogens is 899 g/mol. The van der Waals surface area contributed by atoms with Crippen LogP contribution >= 0.6 is 0 Å². The first-order valence-electron chi connectivity index (χ1n) is 33.8. The van der Waals surface area contributed by atoms with E-state index in [0.717, 1.165) is 38.5 Å². The second kappa shape index (κ2) is 63.4. The molecule has 0 aromatic carbocycles. The molecule has 436 valence electrons. The second-order valence-electron chi connectivity index (χ2n) is 23.5. The molecule has 3 N–H and O–H groups in total. The lowest BCUT2D eigenvalue weighted by Crippen LogP contribution is -2.45. The van der Waals surface area contributed by atoms with Gasteiger partial charge in [-0.1, -0.05) is 354 Å². The normalized spacial score (nSPS) is 12.4. The number of rotatable bonds is 64. The van der Waals surface area contributed by atoms with Gasteiger partial charge < -0.3 is 20.3 Å². The van der Waals surface area contributed by atoms with Crippen molar-refractivity contribution in [1.82, 2.24) is 5.32 Å². The fourth-order valence-corrected chi connectivity index (χ4v) is 11.0. The molecule has 0 aromatic rings. The maximum atomic E-state index is 12.5. The number of unbranched alkanes of at least 4 members (excludes halogenated alkanes) is 53. The Morgan fingerprint density at radius 2 is 0.562 bits per heavy atom. The summed E-state index contributed by atoms with van der Waals surface area (Å²) >= 11 is 0. The maximum Gasteiger partial charge on any atom is 0.305 e. The number of aliphatic hydroxyl groups is 2. The molecule has 1 amide bonds. The lowest BCUT2D eigenvalue weighted by atomic mass is 10.0. The van der Waals surface area contributed by atoms with Crippen LogP contribution in [0.15, 0.2) is 0 Å². The topological polar surface area (TPSA) is 95.9 Å². The second-order valence-corrected chi connectivity index (χ2v) is 23.5. The summed E-state index contributed by atoms with van der Waals surface area (Å²) < 4.78 is 5.50. The third kappa shape index (κ3) is 60.0. The van der Waals surface area contributed by atoms with Crippen LogP contribution in [0.1, 0.15) is 393 Å². The molecule has 0 bridgehead atoms. The van der Waals surface area contributed by atoms with Gasteiger partial charge in [-0.05, 0) is 25.7 Å². The van der Waals surface area contributed by atoms with Gasteiger partial charge in [0, 0.05) is 12.8 Å². The van der Waals surface area contributed by atoms with Crippen LogP contribution in [-0.4, -0.2) is 47.4 Å². The first-order chi connectivity index (χ1) is 36.0. The Kier molecular flexibility index (Phi) is 62.4. The molecule has 6 heteroatoms. The lowest BCUT2D eigenvalue weighted by molar-refractivity contribution is -0.143. The van der Waals surface area contributed by atoms with Crippen LogP contribution in [0.25, 0.3) is 0 Å². The molecule has 0 heterocycles. The van der Waals surface area contributed by atoms with Crippen molar-refractivity contribution in [1.29, 1.82) is 0 Å². The molecule has 2 atom stereocenters. The van der Waals surface area contributed by atoms with E-state index in [1.165, 1.54) is 321 Å². The van der Waals surface area contributed by atoms with Crippen LogP contribution in [0.5, 0.6) is 0 Å². The fraction of sp³-hybridized carbons (Fsp3) is 0.970. The molecule has 0 aliphatic rings. The zero-order valence-corrected chi connectivity index (χ0v) is 49.9. The van der Waals surface area contributed by atoms with Crippen molar-refractivity contribution in [3.63, 3.8) is 0 Å². The van der Waals surface area contributed by atoms with Crippen molar-refractivity contribution in [2.45, 2.75) is 405 Å². The average molecular weight is 1030 g/mol. The third-order valence-corrected chi connectivity index (χ3v) is 16.2. The highest BCUT2D eigenvalue weighted by Gasteiger charge is 2.20. The molecule has 0 fully saturated rings. The quantitative estimate of drug-likeness (QED) is 0.0417. The Labute approximate surface area is 457 Å². The Morgan fingerprint density at radius 1 is 0.329 bits per heavy atom. The van der Waals surface area contributed by atoms with E-state index in [2.05, 4.69) is 19.2 Å². The number of carbonyl (C=O) groups is 2. The fourth-order valence-electron chi connectivity index (χ4n) is 11.0. The van der Waals surface area contributed by atoms with Crippen LogP contribution in [0.3, 0.4) is 0 Å². The van der Waals surface area contributed by atoms with Gasteiger partial charge in [0.2, 0.25) is 5.91 Å². The summed E-state index contributed by atoms with van der Waals surface area (Å²) in [5, 5.41) is 23.4. The van der Waals surface area contributed by atoms with E-state index in [0.29, 0.717) is 25.9 Å². The van der Waals surface area contributed by atoms with Gasteiger partial charge in [0.15, 0.2) is 0 Å². The van der Waals surface area contributed by atoms with Gasteiger partial charge in [0.05, 0.1) is 25.4 Å². The van der Waals surface area contributed by atoms with Crippen LogP contribution in [0, 0.1) is 0 Å². The van der Waals surface area contributed by atoms with E-state index in [9.17, 15) is 19.8 Å². The van der Waals surface area contributed by atoms with Crippen LogP contribution < -0.4 is 5.32 Å². The van der Waals surface area contributed by atoms with Crippen molar-refractivity contribution in [3.8, 4) is 0 Å². The summed E-state index contributed by atoms with van der Waals surface area (Å²) in [6.45, 7) is 5.00. The van der Waals surface area contributed by atoms with Crippen LogP contribution in [0.2, 0.25) is 0 Å². The number of amides is 1. The van der Waals surface area contributed by atoms with E-state index in [1.807, 2.05) is 0 Å². The van der Waals surface area contributed by atoms with Gasteiger partial charge in [-0.2, -0.15) is 0 Å². The van der Waals surface area contributed by atoms with E-state index in [-0.39, 0.29) is 18.5 Å². The van der Waals surface area contributed by atoms with Crippen LogP contribution in [0.4, 0.5) is 0 Å². The zero-order valence-electron chi connectivity index (χ0n) is 49.9. The summed E-state index contributed by atoms with van der Waals surface area (Å²) in [6, 6.07) is -0.540. The molecule has 0 rings (SSSR count). The highest BCUT2D eigenvalue weighted by Crippen LogP contribution is 2.19. The molecule has 0 aliphatic heterocycles. The Hall–Kier alpha value is -1.14. The Balaban J connectivity index is 3.35. The molecule has 0 saturated heterocycles. The largest absolute Gasteiger partial charge is 0.466 e. The van der Waals surface area contributed by atoms with Gasteiger partial charge in [-0.25, -0.2) is 0 Å². The molecular formula is C67H133NO5. The van der Waals surface area contributed by atoms with Crippen molar-refractivity contribution in [3.05, 3.63) is 0 Å². The maximum absolute atomic E-state index is 12.5. The number of hydrogen-bond donors (Lipinski definition) is 3. The number of esters is 1. The first kappa shape index (κ1) is 71.9. The molecule has 0 radical (unpaired) electrons. The molecule has 73 heavy (non-hydrogen) atoms. The van der Waals surface area contributed by atoms with Crippen LogP contribution in [-0.2, 0) is 14.3 Å². The van der Waals surface area contributed by atoms with Gasteiger partial charge in [0.25, 0.3) is 0 Å². The average Bonchev–Trinajstić information content (AvgIpc) is 3.39. The molecule has 0 aromatic heterocycles. The van der Waals surface area contributed by atoms with Gasteiger partial charge in [0.1, 0.15) is 0 Å². The monoisotopic (exact) mass is 1030 g/mol. The molecule has 0 aliphatic carbocycles. The number of carbonyl (C=O) groups excluding carboxylic acids is 2. The molecule has 2 unspecified atom stereocenters. The Morgan fingerprint density at radius 3 is 0.836 bits per heavy atom. The summed E-state index contributed by atoms with van der Waals surface area (Å²) in [4.78, 5) is 24.6. The standard InChI is InChI=1S/C67H133NO5/c1-3-5-7-9-11-13-15-17-19-20-28-32-35-39-43-47-51-55-59-65(70)64(63-69)68-66(71)60-56-52-48-44-40-36-33-29-26-24-22-21-23-25-27-30-34-38-42-46-50-54-58-62-73-67(72)61-57-53-49-45-41-37-31-18-16-14-12-10-8-6-4-2/h64-65,69-70H,3-63H2,1-2H3,(H,68,71). The number of aliphatic hydroxyl groups excluding tert-OH is 2. The predicted molar refractivity (Wildman–Crippen MR) is 320 cm³/mol. The van der Waals surface area contributed by atoms with E-state index in [1.54, 1.807) is 0 Å². The third-order valence-electron chi connectivity index (χ3n) is 16.2. The van der Waals surface area contributed by atoms with Gasteiger partial charge in [-0.3, -0.25) is 9.59 Å². The summed E-state index contributed by atoms with van der Waals surface area (Å²) in [7, 11) is 0. The van der Waals surface area contributed by atoms with Gasteiger partial charge in [-0.15, -0.1) is 0 Å². The van der Waals surface area contributed by atoms with Crippen molar-refractivity contribution >= 4 is 11.9 Å². The number of ether oxygens (including phenoxy) is 1. The minimum Gasteiger partial charge on any atom is -0.466 e. The van der Waals surface area contributed by atoms with Gasteiger partial charge >= 0.3 is 5.97 Å². The minimum atomic E-state index is -0.663. The lowest BCUT2D eigenvalue weighted by Gasteiger charge is -2.22. The minimum absolute atomic E-state index is 0.0187. The van der Waals surface area contributed by atoms with E-state index < -0.39 is 12.1 Å². The summed E-state index contributed by atoms with van der Waals surface area (Å²) in [5.41, 5.74) is 0. The molecule has 0 saturated carbocycles. The first-order valence-corrected chi connectivity index (χ1v) is 33.8. The van der Waals surface area contributed by atoms with E-state index in [4.69, 9.17) is 4.74 Å². The smallest absolute Gasteiger partial charge is 0.305 e. The van der Waals surface area contributed by atoms with E-state index >= 15 is 0 Å². The summed E-state index contributed by atoms with van der Waals surface area (Å²) in [5.74, 6) is -0.0112. The molecule has 6 nitrogen and oxygen atoms in total.